The molecule has 0 bridgehead atoms. The van der Waals surface area contributed by atoms with Gasteiger partial charge in [-0.25, -0.2) is 4.98 Å². The predicted octanol–water partition coefficient (Wildman–Crippen LogP) is 3.53. The van der Waals surface area contributed by atoms with Gasteiger partial charge in [-0.3, -0.25) is 4.57 Å². The van der Waals surface area contributed by atoms with Crippen molar-refractivity contribution in [2.75, 3.05) is 5.32 Å². The van der Waals surface area contributed by atoms with E-state index in [1.807, 2.05) is 25.1 Å². The Labute approximate surface area is 134 Å². The van der Waals surface area contributed by atoms with Crippen LogP contribution in [0.3, 0.4) is 0 Å². The van der Waals surface area contributed by atoms with Gasteiger partial charge in [-0.2, -0.15) is 15.0 Å². The molecule has 0 radical (unpaired) electrons. The number of imidazole rings is 1. The van der Waals surface area contributed by atoms with Crippen molar-refractivity contribution in [2.45, 2.75) is 6.92 Å². The average Bonchev–Trinajstić information content (AvgIpc) is 2.97. The maximum Gasteiger partial charge on any atom is 0.241 e. The van der Waals surface area contributed by atoms with Crippen molar-refractivity contribution in [2.24, 2.45) is 0 Å². The smallest absolute Gasteiger partial charge is 0.241 e. The first kappa shape index (κ1) is 14.0. The van der Waals surface area contributed by atoms with E-state index < -0.39 is 0 Å². The van der Waals surface area contributed by atoms with Gasteiger partial charge < -0.3 is 5.32 Å². The summed E-state index contributed by atoms with van der Waals surface area (Å²) in [4.78, 5) is 16.5. The van der Waals surface area contributed by atoms with Crippen LogP contribution in [0.25, 0.3) is 5.95 Å². The van der Waals surface area contributed by atoms with Gasteiger partial charge in [0.25, 0.3) is 0 Å². The third-order valence-electron chi connectivity index (χ3n) is 2.85. The highest BCUT2D eigenvalue weighted by molar-refractivity contribution is 9.10. The fourth-order valence-corrected chi connectivity index (χ4v) is 2.27. The summed E-state index contributed by atoms with van der Waals surface area (Å²) in [6, 6.07) is 5.84. The second-order valence-corrected chi connectivity index (χ2v) is 5.43. The Balaban J connectivity index is 1.98. The van der Waals surface area contributed by atoms with E-state index >= 15 is 0 Å². The molecule has 1 aromatic carbocycles. The van der Waals surface area contributed by atoms with Gasteiger partial charge in [0.05, 0.1) is 0 Å². The lowest BCUT2D eigenvalue weighted by atomic mass is 10.2. The summed E-state index contributed by atoms with van der Waals surface area (Å²) >= 11 is 9.45. The molecule has 0 unspecified atom stereocenters. The van der Waals surface area contributed by atoms with Gasteiger partial charge in [0.2, 0.25) is 17.2 Å². The fourth-order valence-electron chi connectivity index (χ4n) is 1.75. The summed E-state index contributed by atoms with van der Waals surface area (Å²) in [7, 11) is 0. The zero-order chi connectivity index (χ0) is 14.8. The molecule has 2 aromatic heterocycles. The van der Waals surface area contributed by atoms with Crippen LogP contribution >= 0.6 is 27.5 Å². The van der Waals surface area contributed by atoms with Crippen LogP contribution in [0.4, 0.5) is 11.6 Å². The number of nitrogens with zero attached hydrogens (tertiary/aromatic N) is 5. The molecule has 0 saturated heterocycles. The Morgan fingerprint density at radius 3 is 2.86 bits per heavy atom. The normalized spacial score (nSPS) is 10.6. The number of benzene rings is 1. The van der Waals surface area contributed by atoms with Crippen LogP contribution in [0.5, 0.6) is 0 Å². The molecule has 0 aliphatic heterocycles. The number of rotatable bonds is 3. The van der Waals surface area contributed by atoms with Crippen molar-refractivity contribution in [1.29, 1.82) is 0 Å². The number of nitrogens with one attached hydrogen (secondary N) is 1. The summed E-state index contributed by atoms with van der Waals surface area (Å²) in [5.74, 6) is 0.780. The maximum atomic E-state index is 5.96. The van der Waals surface area contributed by atoms with Crippen LogP contribution in [0.1, 0.15) is 5.56 Å². The van der Waals surface area contributed by atoms with E-state index in [-0.39, 0.29) is 5.28 Å². The summed E-state index contributed by atoms with van der Waals surface area (Å²) in [5.41, 5.74) is 1.95. The van der Waals surface area contributed by atoms with Crippen molar-refractivity contribution in [3.8, 4) is 5.95 Å². The SMILES string of the molecule is Cc1c(Br)cccc1Nc1nc(Cl)nc(-n2ccnc2)n1. The van der Waals surface area contributed by atoms with E-state index in [9.17, 15) is 0 Å². The minimum Gasteiger partial charge on any atom is -0.324 e. The molecule has 8 heteroatoms. The molecular formula is C13H10BrClN6. The number of hydrogen-bond donors (Lipinski definition) is 1. The highest BCUT2D eigenvalue weighted by Gasteiger charge is 2.09. The van der Waals surface area contributed by atoms with Crippen LogP contribution in [0, 0.1) is 6.92 Å². The highest BCUT2D eigenvalue weighted by atomic mass is 79.9. The Kier molecular flexibility index (Phi) is 3.85. The molecule has 0 aliphatic carbocycles. The molecular weight excluding hydrogens is 356 g/mol. The van der Waals surface area contributed by atoms with Crippen molar-refractivity contribution >= 4 is 39.2 Å². The van der Waals surface area contributed by atoms with Crippen LogP contribution in [-0.2, 0) is 0 Å². The van der Waals surface area contributed by atoms with E-state index in [4.69, 9.17) is 11.6 Å². The third-order valence-corrected chi connectivity index (χ3v) is 3.87. The molecule has 0 fully saturated rings. The minimum atomic E-state index is 0.115. The van der Waals surface area contributed by atoms with Crippen LogP contribution in [0.2, 0.25) is 5.28 Å². The van der Waals surface area contributed by atoms with Crippen LogP contribution in [0.15, 0.2) is 41.4 Å². The first-order valence-electron chi connectivity index (χ1n) is 6.05. The van der Waals surface area contributed by atoms with E-state index in [1.54, 1.807) is 23.3 Å². The molecule has 0 spiro atoms. The first-order chi connectivity index (χ1) is 10.1. The Bertz CT molecular complexity index is 774. The lowest BCUT2D eigenvalue weighted by Crippen LogP contribution is -2.06. The van der Waals surface area contributed by atoms with Gasteiger partial charge in [-0.05, 0) is 36.2 Å². The summed E-state index contributed by atoms with van der Waals surface area (Å²) in [6.07, 6.45) is 4.98. The van der Waals surface area contributed by atoms with E-state index in [1.165, 1.54) is 0 Å². The minimum absolute atomic E-state index is 0.115. The summed E-state index contributed by atoms with van der Waals surface area (Å²) < 4.78 is 2.66. The van der Waals surface area contributed by atoms with Gasteiger partial charge in [-0.15, -0.1) is 0 Å². The van der Waals surface area contributed by atoms with Gasteiger partial charge in [0.15, 0.2) is 0 Å². The van der Waals surface area contributed by atoms with Crippen LogP contribution < -0.4 is 5.32 Å². The molecule has 2 heterocycles. The van der Waals surface area contributed by atoms with E-state index in [0.29, 0.717) is 11.9 Å². The number of hydrogen-bond acceptors (Lipinski definition) is 5. The first-order valence-corrected chi connectivity index (χ1v) is 7.22. The zero-order valence-electron chi connectivity index (χ0n) is 11.0. The third kappa shape index (κ3) is 3.03. The van der Waals surface area contributed by atoms with Crippen LogP contribution in [-0.4, -0.2) is 24.5 Å². The molecule has 6 nitrogen and oxygen atoms in total. The molecule has 21 heavy (non-hydrogen) atoms. The fraction of sp³-hybridized carbons (Fsp3) is 0.0769. The quantitative estimate of drug-likeness (QED) is 0.769. The van der Waals surface area contributed by atoms with Gasteiger partial charge in [0.1, 0.15) is 6.33 Å². The van der Waals surface area contributed by atoms with Gasteiger partial charge in [-0.1, -0.05) is 22.0 Å². The van der Waals surface area contributed by atoms with Crippen molar-refractivity contribution in [3.05, 3.63) is 52.2 Å². The summed E-state index contributed by atoms with van der Waals surface area (Å²) in [6.45, 7) is 1.99. The van der Waals surface area contributed by atoms with E-state index in [2.05, 4.69) is 41.2 Å². The maximum absolute atomic E-state index is 5.96. The predicted molar refractivity (Wildman–Crippen MR) is 84.1 cm³/mol. The standard InChI is InChI=1S/C13H10BrClN6/c1-8-9(14)3-2-4-10(8)17-12-18-11(15)19-13(20-12)21-6-5-16-7-21/h2-7H,1H3,(H,17,18,19,20). The van der Waals surface area contributed by atoms with Gasteiger partial charge in [0, 0.05) is 22.6 Å². The Morgan fingerprint density at radius 2 is 2.10 bits per heavy atom. The van der Waals surface area contributed by atoms with Crippen molar-refractivity contribution < 1.29 is 0 Å². The zero-order valence-corrected chi connectivity index (χ0v) is 13.3. The second-order valence-electron chi connectivity index (χ2n) is 4.24. The topological polar surface area (TPSA) is 68.5 Å². The monoisotopic (exact) mass is 364 g/mol. The lowest BCUT2D eigenvalue weighted by Gasteiger charge is -2.10. The number of anilines is 2. The van der Waals surface area contributed by atoms with E-state index in [0.717, 1.165) is 15.7 Å². The largest absolute Gasteiger partial charge is 0.324 e. The highest BCUT2D eigenvalue weighted by Crippen LogP contribution is 2.25. The van der Waals surface area contributed by atoms with Gasteiger partial charge >= 0.3 is 0 Å². The molecule has 1 N–H and O–H groups in total. The molecule has 3 aromatic rings. The lowest BCUT2D eigenvalue weighted by molar-refractivity contribution is 0.899. The Hall–Kier alpha value is -1.99. The van der Waals surface area contributed by atoms with Crippen molar-refractivity contribution in [3.63, 3.8) is 0 Å². The molecule has 0 aliphatic rings. The average molecular weight is 366 g/mol. The molecule has 106 valence electrons. The molecule has 3 rings (SSSR count). The molecule has 0 amide bonds. The van der Waals surface area contributed by atoms with Crippen molar-refractivity contribution in [1.82, 2.24) is 24.5 Å². The Morgan fingerprint density at radius 1 is 1.24 bits per heavy atom. The summed E-state index contributed by atoms with van der Waals surface area (Å²) in [5, 5.41) is 3.26. The molecule has 0 saturated carbocycles. The second kappa shape index (κ2) is 5.79. The molecule has 0 atom stereocenters. The number of halogens is 2. The number of aromatic nitrogens is 5.